The number of nitrogens with zero attached hydrogens (tertiary/aromatic N) is 2. The molecule has 3 nitrogen and oxygen atoms in total. The third kappa shape index (κ3) is 2.80. The van der Waals surface area contributed by atoms with E-state index in [0.717, 1.165) is 42.8 Å². The molecule has 0 amide bonds. The molecule has 1 aliphatic rings. The highest BCUT2D eigenvalue weighted by atomic mass is 19.1. The second kappa shape index (κ2) is 5.88. The van der Waals surface area contributed by atoms with Gasteiger partial charge in [0.2, 0.25) is 0 Å². The number of hydrogen-bond acceptors (Lipinski definition) is 3. The van der Waals surface area contributed by atoms with Crippen LogP contribution in [0.4, 0.5) is 15.9 Å². The molecule has 112 valence electrons. The fraction of sp³-hybridized carbons (Fsp3) is 0.471. The van der Waals surface area contributed by atoms with Crippen molar-refractivity contribution in [3.8, 4) is 0 Å². The van der Waals surface area contributed by atoms with E-state index >= 15 is 0 Å². The van der Waals surface area contributed by atoms with Crippen molar-refractivity contribution in [2.75, 3.05) is 23.3 Å². The summed E-state index contributed by atoms with van der Waals surface area (Å²) in [6.07, 6.45) is 5.41. The zero-order valence-corrected chi connectivity index (χ0v) is 12.7. The average molecular weight is 287 g/mol. The van der Waals surface area contributed by atoms with Gasteiger partial charge in [-0.05, 0) is 39.2 Å². The zero-order valence-electron chi connectivity index (χ0n) is 12.7. The maximum absolute atomic E-state index is 14.4. The van der Waals surface area contributed by atoms with E-state index in [-0.39, 0.29) is 5.82 Å². The molecule has 2 aromatic rings. The van der Waals surface area contributed by atoms with Gasteiger partial charge in [-0.3, -0.25) is 0 Å². The van der Waals surface area contributed by atoms with Crippen molar-refractivity contribution in [1.82, 2.24) is 4.98 Å². The Hall–Kier alpha value is -1.84. The standard InChI is InChI=1S/C17H22FN3/c1-12(2)20-15-11-19-17(21-9-4-3-5-10-21)16-13(15)7-6-8-14(16)18/h6-8,11-12,20H,3-5,9-10H2,1-2H3. The first-order valence-corrected chi connectivity index (χ1v) is 7.75. The van der Waals surface area contributed by atoms with Gasteiger partial charge in [-0.15, -0.1) is 0 Å². The van der Waals surface area contributed by atoms with Crippen molar-refractivity contribution in [3.63, 3.8) is 0 Å². The topological polar surface area (TPSA) is 28.2 Å². The summed E-state index contributed by atoms with van der Waals surface area (Å²) in [6.45, 7) is 6.08. The molecule has 21 heavy (non-hydrogen) atoms. The Balaban J connectivity index is 2.13. The highest BCUT2D eigenvalue weighted by Gasteiger charge is 2.19. The number of benzene rings is 1. The third-order valence-electron chi connectivity index (χ3n) is 3.94. The fourth-order valence-corrected chi connectivity index (χ4v) is 3.01. The molecule has 0 aliphatic carbocycles. The van der Waals surface area contributed by atoms with Crippen LogP contribution in [0.1, 0.15) is 33.1 Å². The van der Waals surface area contributed by atoms with Crippen LogP contribution in [0.2, 0.25) is 0 Å². The van der Waals surface area contributed by atoms with Crippen LogP contribution in [0.25, 0.3) is 10.8 Å². The molecule has 1 N–H and O–H groups in total. The zero-order chi connectivity index (χ0) is 14.8. The summed E-state index contributed by atoms with van der Waals surface area (Å²) in [5.41, 5.74) is 0.903. The largest absolute Gasteiger partial charge is 0.381 e. The quantitative estimate of drug-likeness (QED) is 0.917. The lowest BCUT2D eigenvalue weighted by Crippen LogP contribution is -2.30. The van der Waals surface area contributed by atoms with Gasteiger partial charge in [0.05, 0.1) is 17.3 Å². The normalized spacial score (nSPS) is 15.7. The predicted molar refractivity (Wildman–Crippen MR) is 86.5 cm³/mol. The second-order valence-electron chi connectivity index (χ2n) is 6.00. The molecule has 0 spiro atoms. The summed E-state index contributed by atoms with van der Waals surface area (Å²) in [5.74, 6) is 0.602. The Bertz CT molecular complexity index is 633. The van der Waals surface area contributed by atoms with E-state index in [9.17, 15) is 4.39 Å². The minimum atomic E-state index is -0.187. The maximum Gasteiger partial charge on any atom is 0.139 e. The van der Waals surface area contributed by atoms with E-state index in [2.05, 4.69) is 29.0 Å². The van der Waals surface area contributed by atoms with Crippen LogP contribution in [0.5, 0.6) is 0 Å². The molecular formula is C17H22FN3. The van der Waals surface area contributed by atoms with Gasteiger partial charge in [0.1, 0.15) is 11.6 Å². The lowest BCUT2D eigenvalue weighted by molar-refractivity contribution is 0.573. The molecule has 0 atom stereocenters. The molecular weight excluding hydrogens is 265 g/mol. The first-order chi connectivity index (χ1) is 10.2. The Labute approximate surface area is 125 Å². The van der Waals surface area contributed by atoms with Gasteiger partial charge >= 0.3 is 0 Å². The van der Waals surface area contributed by atoms with Crippen LogP contribution in [-0.2, 0) is 0 Å². The monoisotopic (exact) mass is 287 g/mol. The van der Waals surface area contributed by atoms with Crippen molar-refractivity contribution >= 4 is 22.3 Å². The van der Waals surface area contributed by atoms with Crippen LogP contribution in [0, 0.1) is 5.82 Å². The molecule has 0 saturated carbocycles. The van der Waals surface area contributed by atoms with E-state index in [1.807, 2.05) is 12.3 Å². The SMILES string of the molecule is CC(C)Nc1cnc(N2CCCCC2)c2c(F)cccc12. The molecule has 0 radical (unpaired) electrons. The van der Waals surface area contributed by atoms with Gasteiger partial charge in [0.15, 0.2) is 0 Å². The molecule has 4 heteroatoms. The van der Waals surface area contributed by atoms with Crippen LogP contribution < -0.4 is 10.2 Å². The number of rotatable bonds is 3. The molecule has 3 rings (SSSR count). The average Bonchev–Trinajstić information content (AvgIpc) is 2.48. The number of fused-ring (bicyclic) bond motifs is 1. The van der Waals surface area contributed by atoms with E-state index in [0.29, 0.717) is 11.4 Å². The minimum absolute atomic E-state index is 0.187. The number of anilines is 2. The summed E-state index contributed by atoms with van der Waals surface area (Å²) < 4.78 is 14.4. The third-order valence-corrected chi connectivity index (χ3v) is 3.94. The van der Waals surface area contributed by atoms with Crippen molar-refractivity contribution in [2.45, 2.75) is 39.2 Å². The number of halogens is 1. The molecule has 1 fully saturated rings. The van der Waals surface area contributed by atoms with Crippen molar-refractivity contribution < 1.29 is 4.39 Å². The number of hydrogen-bond donors (Lipinski definition) is 1. The number of nitrogens with one attached hydrogen (secondary N) is 1. The summed E-state index contributed by atoms with van der Waals surface area (Å²) in [5, 5.41) is 4.92. The molecule has 1 aliphatic heterocycles. The van der Waals surface area contributed by atoms with Crippen LogP contribution in [0.15, 0.2) is 24.4 Å². The van der Waals surface area contributed by atoms with Crippen LogP contribution in [0.3, 0.4) is 0 Å². The van der Waals surface area contributed by atoms with Crippen LogP contribution >= 0.6 is 0 Å². The van der Waals surface area contributed by atoms with Crippen molar-refractivity contribution in [3.05, 3.63) is 30.2 Å². The van der Waals surface area contributed by atoms with Gasteiger partial charge in [-0.2, -0.15) is 0 Å². The summed E-state index contributed by atoms with van der Waals surface area (Å²) in [6, 6.07) is 5.55. The first kappa shape index (κ1) is 14.1. The van der Waals surface area contributed by atoms with Gasteiger partial charge in [-0.1, -0.05) is 12.1 Å². The first-order valence-electron chi connectivity index (χ1n) is 7.75. The Morgan fingerprint density at radius 1 is 1.19 bits per heavy atom. The van der Waals surface area contributed by atoms with E-state index in [1.165, 1.54) is 12.5 Å². The lowest BCUT2D eigenvalue weighted by Gasteiger charge is -2.29. The molecule has 1 saturated heterocycles. The number of piperidine rings is 1. The number of pyridine rings is 1. The molecule has 2 heterocycles. The van der Waals surface area contributed by atoms with Gasteiger partial charge in [-0.25, -0.2) is 9.37 Å². The highest BCUT2D eigenvalue weighted by Crippen LogP contribution is 2.33. The lowest BCUT2D eigenvalue weighted by atomic mass is 10.1. The molecule has 0 bridgehead atoms. The summed E-state index contributed by atoms with van der Waals surface area (Å²) in [7, 11) is 0. The van der Waals surface area contributed by atoms with Crippen LogP contribution in [-0.4, -0.2) is 24.1 Å². The Morgan fingerprint density at radius 2 is 1.95 bits per heavy atom. The number of aromatic nitrogens is 1. The Morgan fingerprint density at radius 3 is 2.67 bits per heavy atom. The van der Waals surface area contributed by atoms with Gasteiger partial charge in [0.25, 0.3) is 0 Å². The second-order valence-corrected chi connectivity index (χ2v) is 6.00. The van der Waals surface area contributed by atoms with Gasteiger partial charge in [0, 0.05) is 24.5 Å². The highest BCUT2D eigenvalue weighted by molar-refractivity contribution is 6.00. The van der Waals surface area contributed by atoms with Crippen molar-refractivity contribution in [2.24, 2.45) is 0 Å². The fourth-order valence-electron chi connectivity index (χ4n) is 3.01. The minimum Gasteiger partial charge on any atom is -0.381 e. The summed E-state index contributed by atoms with van der Waals surface area (Å²) in [4.78, 5) is 6.78. The van der Waals surface area contributed by atoms with E-state index in [4.69, 9.17) is 0 Å². The van der Waals surface area contributed by atoms with E-state index in [1.54, 1.807) is 6.07 Å². The molecule has 1 aromatic carbocycles. The molecule has 1 aromatic heterocycles. The van der Waals surface area contributed by atoms with Gasteiger partial charge < -0.3 is 10.2 Å². The predicted octanol–water partition coefficient (Wildman–Crippen LogP) is 4.18. The summed E-state index contributed by atoms with van der Waals surface area (Å²) >= 11 is 0. The van der Waals surface area contributed by atoms with Crippen molar-refractivity contribution in [1.29, 1.82) is 0 Å². The van der Waals surface area contributed by atoms with E-state index < -0.39 is 0 Å². The smallest absolute Gasteiger partial charge is 0.139 e. The Kier molecular flexibility index (Phi) is 3.95. The maximum atomic E-state index is 14.4. The molecule has 0 unspecified atom stereocenters.